The van der Waals surface area contributed by atoms with Crippen LogP contribution >= 0.6 is 0 Å². The van der Waals surface area contributed by atoms with Crippen LogP contribution in [0.4, 0.5) is 0 Å². The molecule has 0 spiro atoms. The van der Waals surface area contributed by atoms with Crippen LogP contribution in [0.5, 0.6) is 0 Å². The minimum atomic E-state index is -0.648. The molecule has 0 N–H and O–H groups in total. The molecule has 1 aromatic rings. The molecular formula is C13H19N3O2. The van der Waals surface area contributed by atoms with Gasteiger partial charge < -0.3 is 14.0 Å². The maximum Gasteiger partial charge on any atom is 0.156 e. The molecule has 1 aromatic heterocycles. The summed E-state index contributed by atoms with van der Waals surface area (Å²) >= 11 is 0. The minimum Gasteiger partial charge on any atom is -0.353 e. The third-order valence-electron chi connectivity index (χ3n) is 2.46. The van der Waals surface area contributed by atoms with Crippen LogP contribution in [0.1, 0.15) is 27.7 Å². The lowest BCUT2D eigenvalue weighted by atomic mass is 10.0. The molecule has 0 saturated heterocycles. The minimum absolute atomic E-state index is 0.337. The largest absolute Gasteiger partial charge is 0.353 e. The zero-order valence-electron chi connectivity index (χ0n) is 11.3. The second-order valence-electron chi connectivity index (χ2n) is 4.28. The summed E-state index contributed by atoms with van der Waals surface area (Å²) in [6.07, 6.45) is 6.20. The molecule has 5 heteroatoms. The first-order valence-electron chi connectivity index (χ1n) is 5.89. The van der Waals surface area contributed by atoms with Crippen molar-refractivity contribution >= 4 is 5.70 Å². The number of allylic oxidation sites excluding steroid dienone is 1. The maximum atomic E-state index is 8.89. The van der Waals surface area contributed by atoms with E-state index in [1.807, 2.05) is 33.8 Å². The van der Waals surface area contributed by atoms with E-state index in [0.29, 0.717) is 12.3 Å². The molecule has 1 rings (SSSR count). The molecule has 18 heavy (non-hydrogen) atoms. The van der Waals surface area contributed by atoms with Crippen LogP contribution in [0, 0.1) is 11.3 Å². The molecule has 0 saturated carbocycles. The Bertz CT molecular complexity index is 430. The SMILES string of the molecule is CCO[C@@H](C)OC(C)(C)/C(=C/C#N)n1ccnc1. The molecule has 1 heterocycles. The summed E-state index contributed by atoms with van der Waals surface area (Å²) < 4.78 is 13.0. The van der Waals surface area contributed by atoms with E-state index < -0.39 is 5.60 Å². The zero-order valence-corrected chi connectivity index (χ0v) is 11.3. The van der Waals surface area contributed by atoms with Crippen LogP contribution in [-0.2, 0) is 9.47 Å². The number of ether oxygens (including phenoxy) is 2. The lowest BCUT2D eigenvalue weighted by molar-refractivity contribution is -0.170. The fraction of sp³-hybridized carbons (Fsp3) is 0.538. The molecule has 98 valence electrons. The highest BCUT2D eigenvalue weighted by molar-refractivity contribution is 5.56. The van der Waals surface area contributed by atoms with Crippen molar-refractivity contribution in [1.29, 1.82) is 5.26 Å². The number of nitrogens with zero attached hydrogens (tertiary/aromatic N) is 3. The highest BCUT2D eigenvalue weighted by Crippen LogP contribution is 2.26. The number of imidazole rings is 1. The summed E-state index contributed by atoms with van der Waals surface area (Å²) in [5, 5.41) is 8.89. The van der Waals surface area contributed by atoms with Crippen molar-refractivity contribution in [2.45, 2.75) is 39.6 Å². The Morgan fingerprint density at radius 1 is 1.61 bits per heavy atom. The van der Waals surface area contributed by atoms with Gasteiger partial charge in [-0.2, -0.15) is 5.26 Å². The second kappa shape index (κ2) is 6.34. The van der Waals surface area contributed by atoms with Gasteiger partial charge in [-0.3, -0.25) is 0 Å². The van der Waals surface area contributed by atoms with Gasteiger partial charge >= 0.3 is 0 Å². The normalized spacial score (nSPS) is 14.3. The van der Waals surface area contributed by atoms with Crippen molar-refractivity contribution in [3.63, 3.8) is 0 Å². The Hall–Kier alpha value is -1.64. The van der Waals surface area contributed by atoms with Gasteiger partial charge in [-0.15, -0.1) is 0 Å². The topological polar surface area (TPSA) is 60.1 Å². The Labute approximate surface area is 108 Å². The quantitative estimate of drug-likeness (QED) is 0.574. The fourth-order valence-corrected chi connectivity index (χ4v) is 1.77. The van der Waals surface area contributed by atoms with Gasteiger partial charge in [0.2, 0.25) is 0 Å². The Balaban J connectivity index is 2.92. The van der Waals surface area contributed by atoms with E-state index in [4.69, 9.17) is 14.7 Å². The lowest BCUT2D eigenvalue weighted by Crippen LogP contribution is -2.34. The molecule has 1 atom stereocenters. The number of nitriles is 1. The van der Waals surface area contributed by atoms with Gasteiger partial charge in [0, 0.05) is 25.1 Å². The molecule has 0 aliphatic heterocycles. The maximum absolute atomic E-state index is 8.89. The number of hydrogen-bond donors (Lipinski definition) is 0. The Kier molecular flexibility index (Phi) is 5.08. The van der Waals surface area contributed by atoms with E-state index in [9.17, 15) is 0 Å². The summed E-state index contributed by atoms with van der Waals surface area (Å²) in [6, 6.07) is 2.04. The molecule has 0 aliphatic carbocycles. The first kappa shape index (κ1) is 14.4. The van der Waals surface area contributed by atoms with Crippen LogP contribution in [0.25, 0.3) is 5.70 Å². The van der Waals surface area contributed by atoms with Crippen LogP contribution in [-0.4, -0.2) is 28.0 Å². The summed E-state index contributed by atoms with van der Waals surface area (Å²) in [5.74, 6) is 0. The molecule has 5 nitrogen and oxygen atoms in total. The van der Waals surface area contributed by atoms with Crippen molar-refractivity contribution in [2.75, 3.05) is 6.61 Å². The molecule has 0 aliphatic rings. The van der Waals surface area contributed by atoms with E-state index >= 15 is 0 Å². The zero-order chi connectivity index (χ0) is 13.6. The van der Waals surface area contributed by atoms with Gasteiger partial charge in [0.1, 0.15) is 5.60 Å². The molecule has 0 unspecified atom stereocenters. The molecule has 0 radical (unpaired) electrons. The van der Waals surface area contributed by atoms with Gasteiger partial charge in [0.15, 0.2) is 6.29 Å². The van der Waals surface area contributed by atoms with Crippen molar-refractivity contribution < 1.29 is 9.47 Å². The Morgan fingerprint density at radius 2 is 2.33 bits per heavy atom. The predicted molar refractivity (Wildman–Crippen MR) is 68.4 cm³/mol. The monoisotopic (exact) mass is 249 g/mol. The van der Waals surface area contributed by atoms with Crippen molar-refractivity contribution in [3.05, 3.63) is 24.8 Å². The molecule has 0 aromatic carbocycles. The van der Waals surface area contributed by atoms with Gasteiger partial charge in [0.25, 0.3) is 0 Å². The van der Waals surface area contributed by atoms with Crippen molar-refractivity contribution in [2.24, 2.45) is 0 Å². The molecule has 0 fully saturated rings. The first-order chi connectivity index (χ1) is 8.51. The summed E-state index contributed by atoms with van der Waals surface area (Å²) in [4.78, 5) is 3.98. The van der Waals surface area contributed by atoms with E-state index in [-0.39, 0.29) is 6.29 Å². The van der Waals surface area contributed by atoms with E-state index in [1.54, 1.807) is 23.3 Å². The van der Waals surface area contributed by atoms with Crippen LogP contribution in [0.3, 0.4) is 0 Å². The molecular weight excluding hydrogens is 230 g/mol. The third-order valence-corrected chi connectivity index (χ3v) is 2.46. The van der Waals surface area contributed by atoms with Crippen molar-refractivity contribution in [3.8, 4) is 6.07 Å². The van der Waals surface area contributed by atoms with Crippen LogP contribution in [0.2, 0.25) is 0 Å². The lowest BCUT2D eigenvalue weighted by Gasteiger charge is -2.31. The first-order valence-corrected chi connectivity index (χ1v) is 5.89. The number of hydrogen-bond acceptors (Lipinski definition) is 4. The highest BCUT2D eigenvalue weighted by Gasteiger charge is 2.28. The number of rotatable bonds is 6. The van der Waals surface area contributed by atoms with Gasteiger partial charge in [-0.05, 0) is 27.7 Å². The van der Waals surface area contributed by atoms with Gasteiger partial charge in [-0.25, -0.2) is 4.98 Å². The average Bonchev–Trinajstić information content (AvgIpc) is 2.78. The summed E-state index contributed by atoms with van der Waals surface area (Å²) in [6.45, 7) is 8.12. The molecule has 0 bridgehead atoms. The smallest absolute Gasteiger partial charge is 0.156 e. The van der Waals surface area contributed by atoms with E-state index in [0.717, 1.165) is 0 Å². The number of aromatic nitrogens is 2. The second-order valence-corrected chi connectivity index (χ2v) is 4.28. The van der Waals surface area contributed by atoms with E-state index in [2.05, 4.69) is 4.98 Å². The third kappa shape index (κ3) is 3.69. The summed E-state index contributed by atoms with van der Waals surface area (Å²) in [7, 11) is 0. The van der Waals surface area contributed by atoms with Crippen LogP contribution < -0.4 is 0 Å². The fourth-order valence-electron chi connectivity index (χ4n) is 1.77. The average molecular weight is 249 g/mol. The van der Waals surface area contributed by atoms with Gasteiger partial charge in [0.05, 0.1) is 18.1 Å². The van der Waals surface area contributed by atoms with Crippen LogP contribution in [0.15, 0.2) is 24.8 Å². The Morgan fingerprint density at radius 3 is 2.83 bits per heavy atom. The van der Waals surface area contributed by atoms with Gasteiger partial charge in [-0.1, -0.05) is 0 Å². The highest BCUT2D eigenvalue weighted by atomic mass is 16.7. The molecule has 0 amide bonds. The summed E-state index contributed by atoms with van der Waals surface area (Å²) in [5.41, 5.74) is 0.0689. The van der Waals surface area contributed by atoms with E-state index in [1.165, 1.54) is 6.08 Å². The predicted octanol–water partition coefficient (Wildman–Crippen LogP) is 2.43. The van der Waals surface area contributed by atoms with Crippen molar-refractivity contribution in [1.82, 2.24) is 9.55 Å². The standard InChI is InChI=1S/C13H19N3O2/c1-5-17-11(2)18-13(3,4)12(6-7-14)16-9-8-15-10-16/h6,8-11H,5H2,1-4H3/b12-6-/t11-/m1/s1.